The van der Waals surface area contributed by atoms with Crippen molar-refractivity contribution in [2.45, 2.75) is 32.7 Å². The Morgan fingerprint density at radius 2 is 2.25 bits per heavy atom. The fraction of sp³-hybridized carbons (Fsp3) is 0.353. The van der Waals surface area contributed by atoms with Gasteiger partial charge in [-0.3, -0.25) is 9.48 Å². The first-order chi connectivity index (χ1) is 11.5. The van der Waals surface area contributed by atoms with Gasteiger partial charge in [-0.1, -0.05) is 0 Å². The lowest BCUT2D eigenvalue weighted by atomic mass is 9.86. The minimum Gasteiger partial charge on any atom is -0.467 e. The van der Waals surface area contributed by atoms with Crippen LogP contribution in [0.25, 0.3) is 0 Å². The number of hydrogen-bond acceptors (Lipinski definition) is 4. The number of hydrogen-bond donors (Lipinski definition) is 1. The molecule has 1 aliphatic heterocycles. The van der Waals surface area contributed by atoms with E-state index in [1.165, 1.54) is 0 Å². The second-order valence-electron chi connectivity index (χ2n) is 6.20. The Morgan fingerprint density at radius 3 is 2.92 bits per heavy atom. The predicted octanol–water partition coefficient (Wildman–Crippen LogP) is 2.35. The second-order valence-corrected chi connectivity index (χ2v) is 6.20. The van der Waals surface area contributed by atoms with Gasteiger partial charge in [-0.05, 0) is 26.0 Å². The summed E-state index contributed by atoms with van der Waals surface area (Å²) < 4.78 is 9.03. The van der Waals surface area contributed by atoms with E-state index in [2.05, 4.69) is 15.5 Å². The van der Waals surface area contributed by atoms with Gasteiger partial charge in [0.1, 0.15) is 18.1 Å². The largest absolute Gasteiger partial charge is 0.467 e. The van der Waals surface area contributed by atoms with E-state index in [1.807, 2.05) is 43.9 Å². The topological polar surface area (TPSA) is 77.9 Å². The Hall–Kier alpha value is -2.83. The Kier molecular flexibility index (Phi) is 3.30. The zero-order chi connectivity index (χ0) is 16.8. The van der Waals surface area contributed by atoms with Crippen molar-refractivity contribution in [1.29, 1.82) is 0 Å². The van der Waals surface area contributed by atoms with Crippen LogP contribution in [-0.4, -0.2) is 25.5 Å². The summed E-state index contributed by atoms with van der Waals surface area (Å²) >= 11 is 0. The van der Waals surface area contributed by atoms with Gasteiger partial charge in [0.2, 0.25) is 5.91 Å². The third kappa shape index (κ3) is 2.24. The number of carbonyl (C=O) groups is 1. The van der Waals surface area contributed by atoms with Crippen LogP contribution in [-0.2, 0) is 18.4 Å². The molecular weight excluding hydrogens is 306 g/mol. The quantitative estimate of drug-likeness (QED) is 0.802. The highest BCUT2D eigenvalue weighted by Crippen LogP contribution is 2.39. The summed E-state index contributed by atoms with van der Waals surface area (Å²) in [5.74, 6) is 1.52. The van der Waals surface area contributed by atoms with E-state index in [4.69, 9.17) is 4.42 Å². The third-order valence-electron chi connectivity index (χ3n) is 4.69. The van der Waals surface area contributed by atoms with Gasteiger partial charge in [-0.15, -0.1) is 0 Å². The molecule has 4 rings (SSSR count). The molecule has 3 aromatic heterocycles. The molecule has 24 heavy (non-hydrogen) atoms. The molecule has 124 valence electrons. The molecule has 0 aromatic carbocycles. The molecule has 0 bridgehead atoms. The van der Waals surface area contributed by atoms with Gasteiger partial charge < -0.3 is 9.73 Å². The SMILES string of the molecule is Cc1nn(C)c(C)c1[C@H]1CC(=O)Nc2c1cnn2Cc1ccco1. The Balaban J connectivity index is 1.78. The van der Waals surface area contributed by atoms with Crippen LogP contribution in [0.1, 0.15) is 40.6 Å². The number of fused-ring (bicyclic) bond motifs is 1. The number of anilines is 1. The molecule has 0 spiro atoms. The molecule has 3 aromatic rings. The first kappa shape index (κ1) is 14.7. The Labute approximate surface area is 139 Å². The minimum absolute atomic E-state index is 0.00338. The van der Waals surface area contributed by atoms with Gasteiger partial charge in [0, 0.05) is 36.2 Å². The van der Waals surface area contributed by atoms with Crippen LogP contribution in [0.4, 0.5) is 5.82 Å². The van der Waals surface area contributed by atoms with E-state index in [9.17, 15) is 4.79 Å². The zero-order valence-corrected chi connectivity index (χ0v) is 13.9. The van der Waals surface area contributed by atoms with Crippen molar-refractivity contribution in [3.05, 3.63) is 52.9 Å². The predicted molar refractivity (Wildman–Crippen MR) is 87.8 cm³/mol. The molecule has 1 aliphatic rings. The number of aryl methyl sites for hydroxylation is 2. The normalized spacial score (nSPS) is 17.0. The van der Waals surface area contributed by atoms with E-state index in [1.54, 1.807) is 10.9 Å². The summed E-state index contributed by atoms with van der Waals surface area (Å²) in [4.78, 5) is 12.3. The number of rotatable bonds is 3. The van der Waals surface area contributed by atoms with Gasteiger partial charge in [-0.2, -0.15) is 10.2 Å². The molecule has 0 aliphatic carbocycles. The van der Waals surface area contributed by atoms with Crippen LogP contribution in [0.15, 0.2) is 29.0 Å². The smallest absolute Gasteiger partial charge is 0.226 e. The maximum atomic E-state index is 12.3. The van der Waals surface area contributed by atoms with Crippen LogP contribution in [0, 0.1) is 13.8 Å². The highest BCUT2D eigenvalue weighted by atomic mass is 16.3. The van der Waals surface area contributed by atoms with E-state index >= 15 is 0 Å². The molecule has 0 fully saturated rings. The highest BCUT2D eigenvalue weighted by Gasteiger charge is 2.33. The minimum atomic E-state index is -0.0206. The monoisotopic (exact) mass is 325 g/mol. The van der Waals surface area contributed by atoms with Crippen molar-refractivity contribution in [2.75, 3.05) is 5.32 Å². The number of nitrogens with one attached hydrogen (secondary N) is 1. The van der Waals surface area contributed by atoms with Crippen LogP contribution in [0.2, 0.25) is 0 Å². The van der Waals surface area contributed by atoms with Crippen LogP contribution in [0.5, 0.6) is 0 Å². The van der Waals surface area contributed by atoms with E-state index in [0.29, 0.717) is 13.0 Å². The second kappa shape index (κ2) is 5.36. The Bertz CT molecular complexity index is 904. The molecule has 7 heteroatoms. The molecule has 0 saturated carbocycles. The maximum absolute atomic E-state index is 12.3. The first-order valence-corrected chi connectivity index (χ1v) is 7.92. The lowest BCUT2D eigenvalue weighted by Crippen LogP contribution is -2.25. The van der Waals surface area contributed by atoms with Crippen molar-refractivity contribution in [1.82, 2.24) is 19.6 Å². The standard InChI is InChI=1S/C17H19N5O2/c1-10-16(11(2)21(3)20-10)13-7-15(23)19-17-14(13)8-18-22(17)9-12-5-4-6-24-12/h4-6,8,13H,7,9H2,1-3H3,(H,19,23)/t13-/m0/s1. The maximum Gasteiger partial charge on any atom is 0.226 e. The van der Waals surface area contributed by atoms with Gasteiger partial charge in [-0.25, -0.2) is 4.68 Å². The van der Waals surface area contributed by atoms with Gasteiger partial charge in [0.15, 0.2) is 0 Å². The summed E-state index contributed by atoms with van der Waals surface area (Å²) in [5.41, 5.74) is 4.18. The fourth-order valence-electron chi connectivity index (χ4n) is 3.49. The van der Waals surface area contributed by atoms with Crippen molar-refractivity contribution in [3.8, 4) is 0 Å². The van der Waals surface area contributed by atoms with Gasteiger partial charge in [0.25, 0.3) is 0 Å². The lowest BCUT2D eigenvalue weighted by molar-refractivity contribution is -0.116. The van der Waals surface area contributed by atoms with Gasteiger partial charge >= 0.3 is 0 Å². The fourth-order valence-corrected chi connectivity index (χ4v) is 3.49. The summed E-state index contributed by atoms with van der Waals surface area (Å²) in [6, 6.07) is 3.74. The average molecular weight is 325 g/mol. The zero-order valence-electron chi connectivity index (χ0n) is 13.9. The third-order valence-corrected chi connectivity index (χ3v) is 4.69. The van der Waals surface area contributed by atoms with Crippen molar-refractivity contribution < 1.29 is 9.21 Å². The molecule has 4 heterocycles. The summed E-state index contributed by atoms with van der Waals surface area (Å²) in [5, 5.41) is 11.9. The molecule has 0 radical (unpaired) electrons. The molecule has 1 amide bonds. The van der Waals surface area contributed by atoms with E-state index in [0.717, 1.165) is 34.1 Å². The van der Waals surface area contributed by atoms with Crippen molar-refractivity contribution in [2.24, 2.45) is 7.05 Å². The van der Waals surface area contributed by atoms with Crippen molar-refractivity contribution in [3.63, 3.8) is 0 Å². The highest BCUT2D eigenvalue weighted by molar-refractivity contribution is 5.94. The summed E-state index contributed by atoms with van der Waals surface area (Å²) in [6.45, 7) is 4.51. The first-order valence-electron chi connectivity index (χ1n) is 7.92. The molecule has 0 saturated heterocycles. The van der Waals surface area contributed by atoms with Crippen molar-refractivity contribution >= 4 is 11.7 Å². The number of nitrogens with zero attached hydrogens (tertiary/aromatic N) is 4. The molecular formula is C17H19N5O2. The number of carbonyl (C=O) groups excluding carboxylic acids is 1. The number of amides is 1. The van der Waals surface area contributed by atoms with Crippen LogP contribution >= 0.6 is 0 Å². The van der Waals surface area contributed by atoms with Crippen LogP contribution < -0.4 is 5.32 Å². The van der Waals surface area contributed by atoms with Gasteiger partial charge in [0.05, 0.1) is 18.2 Å². The van der Waals surface area contributed by atoms with Crippen LogP contribution in [0.3, 0.4) is 0 Å². The van der Waals surface area contributed by atoms with E-state index in [-0.39, 0.29) is 11.8 Å². The van der Waals surface area contributed by atoms with E-state index < -0.39 is 0 Å². The molecule has 1 atom stereocenters. The molecule has 1 N–H and O–H groups in total. The number of aromatic nitrogens is 4. The Morgan fingerprint density at radius 1 is 1.42 bits per heavy atom. The summed E-state index contributed by atoms with van der Waals surface area (Å²) in [7, 11) is 1.93. The average Bonchev–Trinajstić information content (AvgIpc) is 3.23. The summed E-state index contributed by atoms with van der Waals surface area (Å²) in [6.07, 6.45) is 3.89. The number of furan rings is 1. The molecule has 7 nitrogen and oxygen atoms in total. The lowest BCUT2D eigenvalue weighted by Gasteiger charge is -2.24. The molecule has 0 unspecified atom stereocenters.